The van der Waals surface area contributed by atoms with Gasteiger partial charge in [0, 0.05) is 52.4 Å². The predicted octanol–water partition coefficient (Wildman–Crippen LogP) is -0.942. The summed E-state index contributed by atoms with van der Waals surface area (Å²) in [4.78, 5) is 26.1. The number of rotatable bonds is 4. The van der Waals surface area contributed by atoms with Crippen LogP contribution >= 0.6 is 0 Å². The lowest BCUT2D eigenvalue weighted by atomic mass is 10.2. The topological polar surface area (TPSA) is 107 Å². The molecule has 0 aromatic carbocycles. The monoisotopic (exact) mass is 372 g/mol. The molecule has 0 saturated carbocycles. The number of amides is 2. The summed E-state index contributed by atoms with van der Waals surface area (Å²) in [6.45, 7) is 14.4. The highest BCUT2D eigenvalue weighted by Crippen LogP contribution is 2.06. The molecule has 5 N–H and O–H groups in total. The van der Waals surface area contributed by atoms with Crippen molar-refractivity contribution in [3.63, 3.8) is 0 Å². The summed E-state index contributed by atoms with van der Waals surface area (Å²) in [6, 6.07) is 0. The van der Waals surface area contributed by atoms with Crippen molar-refractivity contribution in [3.05, 3.63) is 0 Å². The van der Waals surface area contributed by atoms with E-state index < -0.39 is 17.9 Å². The van der Waals surface area contributed by atoms with Gasteiger partial charge in [0.2, 0.25) is 5.91 Å². The molecule has 1 fully saturated rings. The molecule has 0 spiro atoms. The lowest BCUT2D eigenvalue weighted by Gasteiger charge is -2.25. The zero-order chi connectivity index (χ0) is 19.4. The van der Waals surface area contributed by atoms with Gasteiger partial charge in [0.1, 0.15) is 11.8 Å². The lowest BCUT2D eigenvalue weighted by molar-refractivity contribution is -0.123. The van der Waals surface area contributed by atoms with E-state index >= 15 is 0 Å². The standard InChI is InChI=1S/C17H36N6O3/c1-14(22-16(25)26-17(2,3)4)21-15(24)13-23-11-9-19-7-5-18-6-8-20-10-12-23/h14,18-20H,5-13H2,1-4H3,(H,21,24)(H,22,25). The minimum absolute atomic E-state index is 0.123. The van der Waals surface area contributed by atoms with Crippen LogP contribution in [0.25, 0.3) is 0 Å². The number of nitrogens with zero attached hydrogens (tertiary/aromatic N) is 1. The van der Waals surface area contributed by atoms with Gasteiger partial charge < -0.3 is 31.3 Å². The second kappa shape index (κ2) is 12.1. The molecule has 152 valence electrons. The van der Waals surface area contributed by atoms with Gasteiger partial charge in [0.15, 0.2) is 0 Å². The van der Waals surface area contributed by atoms with Crippen LogP contribution in [0.15, 0.2) is 0 Å². The summed E-state index contributed by atoms with van der Waals surface area (Å²) in [7, 11) is 0. The van der Waals surface area contributed by atoms with E-state index in [9.17, 15) is 9.59 Å². The lowest BCUT2D eigenvalue weighted by Crippen LogP contribution is -2.51. The van der Waals surface area contributed by atoms with Crippen LogP contribution in [0.5, 0.6) is 0 Å². The first kappa shape index (κ1) is 22.6. The predicted molar refractivity (Wildman–Crippen MR) is 102 cm³/mol. The SMILES string of the molecule is CC(NC(=O)CN1CCNCCNCCNCC1)NC(=O)OC(C)(C)C. The van der Waals surface area contributed by atoms with Crippen molar-refractivity contribution in [2.75, 3.05) is 58.9 Å². The molecular weight excluding hydrogens is 336 g/mol. The van der Waals surface area contributed by atoms with Crippen LogP contribution in [0.3, 0.4) is 0 Å². The Hall–Kier alpha value is -1.42. The maximum atomic E-state index is 12.3. The third kappa shape index (κ3) is 12.0. The van der Waals surface area contributed by atoms with Crippen molar-refractivity contribution in [3.8, 4) is 0 Å². The van der Waals surface area contributed by atoms with Crippen molar-refractivity contribution in [1.29, 1.82) is 0 Å². The molecule has 9 nitrogen and oxygen atoms in total. The van der Waals surface area contributed by atoms with E-state index in [1.807, 2.05) is 0 Å². The molecule has 9 heteroatoms. The minimum atomic E-state index is -0.567. The number of ether oxygens (including phenoxy) is 1. The molecule has 0 aromatic heterocycles. The van der Waals surface area contributed by atoms with Crippen LogP contribution in [-0.4, -0.2) is 87.6 Å². The molecule has 1 saturated heterocycles. The molecule has 1 heterocycles. The molecule has 0 aromatic rings. The summed E-state index contributed by atoms with van der Waals surface area (Å²) >= 11 is 0. The first-order valence-electron chi connectivity index (χ1n) is 9.39. The maximum absolute atomic E-state index is 12.3. The summed E-state index contributed by atoms with van der Waals surface area (Å²) in [6.07, 6.45) is -1.04. The third-order valence-corrected chi connectivity index (χ3v) is 3.64. The molecule has 1 rings (SSSR count). The van der Waals surface area contributed by atoms with Gasteiger partial charge in [-0.15, -0.1) is 0 Å². The van der Waals surface area contributed by atoms with E-state index in [1.165, 1.54) is 0 Å². The van der Waals surface area contributed by atoms with Gasteiger partial charge in [0.05, 0.1) is 6.54 Å². The highest BCUT2D eigenvalue weighted by molar-refractivity contribution is 5.79. The zero-order valence-electron chi connectivity index (χ0n) is 16.6. The van der Waals surface area contributed by atoms with Crippen molar-refractivity contribution in [1.82, 2.24) is 31.5 Å². The molecule has 2 amide bonds. The van der Waals surface area contributed by atoms with E-state index in [0.29, 0.717) is 6.54 Å². The van der Waals surface area contributed by atoms with Crippen LogP contribution in [0.2, 0.25) is 0 Å². The van der Waals surface area contributed by atoms with E-state index in [4.69, 9.17) is 4.74 Å². The van der Waals surface area contributed by atoms with Crippen molar-refractivity contribution < 1.29 is 14.3 Å². The first-order chi connectivity index (χ1) is 12.3. The van der Waals surface area contributed by atoms with Gasteiger partial charge >= 0.3 is 6.09 Å². The Morgan fingerprint density at radius 1 is 0.962 bits per heavy atom. The average Bonchev–Trinajstić information content (AvgIpc) is 2.47. The number of hydrogen-bond acceptors (Lipinski definition) is 7. The van der Waals surface area contributed by atoms with Gasteiger partial charge in [-0.05, 0) is 27.7 Å². The fraction of sp³-hybridized carbons (Fsp3) is 0.882. The largest absolute Gasteiger partial charge is 0.444 e. The van der Waals surface area contributed by atoms with Crippen molar-refractivity contribution in [2.24, 2.45) is 0 Å². The Balaban J connectivity index is 2.36. The smallest absolute Gasteiger partial charge is 0.409 e. The molecular formula is C17H36N6O3. The van der Waals surface area contributed by atoms with E-state index in [0.717, 1.165) is 52.4 Å². The highest BCUT2D eigenvalue weighted by atomic mass is 16.6. The zero-order valence-corrected chi connectivity index (χ0v) is 16.6. The molecule has 1 atom stereocenters. The number of alkyl carbamates (subject to hydrolysis) is 1. The highest BCUT2D eigenvalue weighted by Gasteiger charge is 2.19. The van der Waals surface area contributed by atoms with Crippen LogP contribution in [0.4, 0.5) is 4.79 Å². The number of nitrogens with one attached hydrogen (secondary N) is 5. The Morgan fingerprint density at radius 2 is 1.46 bits per heavy atom. The van der Waals surface area contributed by atoms with Gasteiger partial charge in [-0.25, -0.2) is 4.79 Å². The maximum Gasteiger partial charge on any atom is 0.409 e. The van der Waals surface area contributed by atoms with Crippen LogP contribution in [-0.2, 0) is 9.53 Å². The molecule has 26 heavy (non-hydrogen) atoms. The molecule has 1 unspecified atom stereocenters. The van der Waals surface area contributed by atoms with Gasteiger partial charge in [-0.2, -0.15) is 0 Å². The molecule has 1 aliphatic heterocycles. The van der Waals surface area contributed by atoms with Crippen molar-refractivity contribution >= 4 is 12.0 Å². The Morgan fingerprint density at radius 3 is 1.96 bits per heavy atom. The number of carbonyl (C=O) groups excluding carboxylic acids is 2. The Kier molecular flexibility index (Phi) is 10.5. The van der Waals surface area contributed by atoms with Crippen molar-refractivity contribution in [2.45, 2.75) is 39.5 Å². The molecule has 0 aliphatic carbocycles. The van der Waals surface area contributed by atoms with Crippen LogP contribution in [0, 0.1) is 0 Å². The van der Waals surface area contributed by atoms with Gasteiger partial charge in [-0.1, -0.05) is 0 Å². The third-order valence-electron chi connectivity index (χ3n) is 3.64. The van der Waals surface area contributed by atoms with Crippen LogP contribution < -0.4 is 26.6 Å². The summed E-state index contributed by atoms with van der Waals surface area (Å²) < 4.78 is 5.18. The fourth-order valence-electron chi connectivity index (χ4n) is 2.48. The molecule has 1 aliphatic rings. The summed E-state index contributed by atoms with van der Waals surface area (Å²) in [5, 5.41) is 15.5. The quantitative estimate of drug-likeness (QED) is 0.406. The number of hydrogen-bond donors (Lipinski definition) is 5. The second-order valence-electron chi connectivity index (χ2n) is 7.46. The Bertz CT molecular complexity index is 415. The molecule has 0 bridgehead atoms. The second-order valence-corrected chi connectivity index (χ2v) is 7.46. The fourth-order valence-corrected chi connectivity index (χ4v) is 2.48. The first-order valence-corrected chi connectivity index (χ1v) is 9.39. The van der Waals surface area contributed by atoms with Gasteiger partial charge in [-0.3, -0.25) is 9.69 Å². The van der Waals surface area contributed by atoms with E-state index in [2.05, 4.69) is 31.5 Å². The molecule has 0 radical (unpaired) electrons. The minimum Gasteiger partial charge on any atom is -0.444 e. The summed E-state index contributed by atoms with van der Waals surface area (Å²) in [5.41, 5.74) is -0.567. The average molecular weight is 373 g/mol. The number of carbonyl (C=O) groups is 2. The van der Waals surface area contributed by atoms with E-state index in [1.54, 1.807) is 27.7 Å². The normalized spacial score (nSPS) is 19.5. The van der Waals surface area contributed by atoms with Gasteiger partial charge in [0.25, 0.3) is 0 Å². The van der Waals surface area contributed by atoms with E-state index in [-0.39, 0.29) is 5.91 Å². The summed E-state index contributed by atoms with van der Waals surface area (Å²) in [5.74, 6) is -0.123. The Labute approximate surface area is 157 Å². The van der Waals surface area contributed by atoms with Crippen LogP contribution in [0.1, 0.15) is 27.7 Å².